The first-order chi connectivity index (χ1) is 7.67. The van der Waals surface area contributed by atoms with Crippen molar-refractivity contribution in [2.75, 3.05) is 13.2 Å². The highest BCUT2D eigenvalue weighted by Crippen LogP contribution is 2.06. The fourth-order valence-electron chi connectivity index (χ4n) is 1.49. The van der Waals surface area contributed by atoms with Crippen molar-refractivity contribution in [2.24, 2.45) is 13.0 Å². The van der Waals surface area contributed by atoms with Crippen molar-refractivity contribution >= 4 is 5.91 Å². The third kappa shape index (κ3) is 3.66. The number of carbonyl (C=O) groups is 1. The zero-order valence-corrected chi connectivity index (χ0v) is 9.81. The van der Waals surface area contributed by atoms with Crippen LogP contribution in [0.15, 0.2) is 12.5 Å². The van der Waals surface area contributed by atoms with Crippen LogP contribution in [-0.4, -0.2) is 33.7 Å². The van der Waals surface area contributed by atoms with Crippen LogP contribution in [0.25, 0.3) is 0 Å². The second kappa shape index (κ2) is 6.27. The Morgan fingerprint density at radius 3 is 2.94 bits per heavy atom. The van der Waals surface area contributed by atoms with Crippen LogP contribution >= 0.6 is 0 Å². The van der Waals surface area contributed by atoms with Crippen LogP contribution in [0.2, 0.25) is 0 Å². The molecule has 0 radical (unpaired) electrons. The van der Waals surface area contributed by atoms with Gasteiger partial charge < -0.3 is 15.0 Å². The Morgan fingerprint density at radius 1 is 1.69 bits per heavy atom. The summed E-state index contributed by atoms with van der Waals surface area (Å²) in [6.45, 7) is 2.80. The molecule has 0 aromatic carbocycles. The molecule has 0 spiro atoms. The van der Waals surface area contributed by atoms with Gasteiger partial charge >= 0.3 is 0 Å². The fraction of sp³-hybridized carbons (Fsp3) is 0.636. The summed E-state index contributed by atoms with van der Waals surface area (Å²) >= 11 is 0. The SMILES string of the molecule is CCC(CCO)CNC(=O)c1cn(C)cn1. The number of rotatable bonds is 6. The van der Waals surface area contributed by atoms with Crippen molar-refractivity contribution in [3.05, 3.63) is 18.2 Å². The quantitative estimate of drug-likeness (QED) is 0.743. The largest absolute Gasteiger partial charge is 0.396 e. The Kier molecular flexibility index (Phi) is 4.98. The molecule has 0 saturated carbocycles. The van der Waals surface area contributed by atoms with Gasteiger partial charge in [-0.3, -0.25) is 4.79 Å². The molecule has 0 fully saturated rings. The second-order valence-corrected chi connectivity index (χ2v) is 3.92. The van der Waals surface area contributed by atoms with Gasteiger partial charge in [-0.2, -0.15) is 0 Å². The molecule has 1 amide bonds. The maximum atomic E-state index is 11.6. The number of nitrogens with zero attached hydrogens (tertiary/aromatic N) is 2. The van der Waals surface area contributed by atoms with Crippen LogP contribution in [0.3, 0.4) is 0 Å². The Bertz CT molecular complexity index is 336. The van der Waals surface area contributed by atoms with Crippen LogP contribution in [0.1, 0.15) is 30.3 Å². The highest BCUT2D eigenvalue weighted by atomic mass is 16.3. The van der Waals surface area contributed by atoms with E-state index in [1.165, 1.54) is 0 Å². The summed E-state index contributed by atoms with van der Waals surface area (Å²) in [5.74, 6) is 0.176. The van der Waals surface area contributed by atoms with Gasteiger partial charge in [0.05, 0.1) is 6.33 Å². The number of hydrogen-bond acceptors (Lipinski definition) is 3. The molecule has 0 aliphatic carbocycles. The smallest absolute Gasteiger partial charge is 0.271 e. The van der Waals surface area contributed by atoms with Gasteiger partial charge in [-0.05, 0) is 12.3 Å². The Balaban J connectivity index is 2.40. The Labute approximate surface area is 95.5 Å². The molecule has 0 saturated heterocycles. The Morgan fingerprint density at radius 2 is 2.44 bits per heavy atom. The summed E-state index contributed by atoms with van der Waals surface area (Å²) < 4.78 is 1.74. The minimum atomic E-state index is -0.156. The van der Waals surface area contributed by atoms with E-state index >= 15 is 0 Å². The normalized spacial score (nSPS) is 12.4. The molecule has 0 aliphatic rings. The minimum absolute atomic E-state index is 0.156. The predicted octanol–water partition coefficient (Wildman–Crippen LogP) is 0.558. The first kappa shape index (κ1) is 12.7. The first-order valence-electron chi connectivity index (χ1n) is 5.54. The molecule has 90 valence electrons. The van der Waals surface area contributed by atoms with Gasteiger partial charge in [-0.1, -0.05) is 13.3 Å². The lowest BCUT2D eigenvalue weighted by Gasteiger charge is -2.13. The van der Waals surface area contributed by atoms with E-state index in [2.05, 4.69) is 10.3 Å². The van der Waals surface area contributed by atoms with E-state index < -0.39 is 0 Å². The number of aliphatic hydroxyl groups excluding tert-OH is 1. The third-order valence-corrected chi connectivity index (χ3v) is 2.60. The van der Waals surface area contributed by atoms with Gasteiger partial charge in [0.15, 0.2) is 0 Å². The molecule has 1 rings (SSSR count). The van der Waals surface area contributed by atoms with Crippen LogP contribution in [0.5, 0.6) is 0 Å². The number of carbonyl (C=O) groups excluding carboxylic acids is 1. The maximum absolute atomic E-state index is 11.6. The van der Waals surface area contributed by atoms with E-state index in [-0.39, 0.29) is 12.5 Å². The van der Waals surface area contributed by atoms with E-state index in [1.807, 2.05) is 14.0 Å². The lowest BCUT2D eigenvalue weighted by atomic mass is 10.0. The van der Waals surface area contributed by atoms with Gasteiger partial charge in [0.2, 0.25) is 0 Å². The lowest BCUT2D eigenvalue weighted by Crippen LogP contribution is -2.29. The highest BCUT2D eigenvalue weighted by Gasteiger charge is 2.11. The number of aryl methyl sites for hydroxylation is 1. The summed E-state index contributed by atoms with van der Waals surface area (Å²) in [5.41, 5.74) is 0.432. The van der Waals surface area contributed by atoms with Gasteiger partial charge in [-0.25, -0.2) is 4.98 Å². The minimum Gasteiger partial charge on any atom is -0.396 e. The van der Waals surface area contributed by atoms with Crippen LogP contribution in [0.4, 0.5) is 0 Å². The molecule has 1 heterocycles. The van der Waals surface area contributed by atoms with Crippen LogP contribution in [0, 0.1) is 5.92 Å². The second-order valence-electron chi connectivity index (χ2n) is 3.92. The summed E-state index contributed by atoms with van der Waals surface area (Å²) in [6, 6.07) is 0. The number of aliphatic hydroxyl groups is 1. The summed E-state index contributed by atoms with van der Waals surface area (Å²) in [5, 5.41) is 11.6. The van der Waals surface area contributed by atoms with Crippen molar-refractivity contribution < 1.29 is 9.90 Å². The molecule has 16 heavy (non-hydrogen) atoms. The zero-order valence-electron chi connectivity index (χ0n) is 9.81. The molecule has 1 aromatic heterocycles. The molecule has 1 aromatic rings. The number of imidazole rings is 1. The molecule has 2 N–H and O–H groups in total. The number of hydrogen-bond donors (Lipinski definition) is 2. The fourth-order valence-corrected chi connectivity index (χ4v) is 1.49. The molecular formula is C11H19N3O2. The van der Waals surface area contributed by atoms with Crippen molar-refractivity contribution in [2.45, 2.75) is 19.8 Å². The van der Waals surface area contributed by atoms with Gasteiger partial charge in [-0.15, -0.1) is 0 Å². The molecule has 5 nitrogen and oxygen atoms in total. The van der Waals surface area contributed by atoms with E-state index in [4.69, 9.17) is 5.11 Å². The first-order valence-corrected chi connectivity index (χ1v) is 5.54. The van der Waals surface area contributed by atoms with Gasteiger partial charge in [0, 0.05) is 26.4 Å². The van der Waals surface area contributed by atoms with E-state index in [0.29, 0.717) is 18.2 Å². The topological polar surface area (TPSA) is 67.2 Å². The molecule has 1 unspecified atom stereocenters. The summed E-state index contributed by atoms with van der Waals surface area (Å²) in [7, 11) is 1.82. The number of aromatic nitrogens is 2. The number of nitrogens with one attached hydrogen (secondary N) is 1. The van der Waals surface area contributed by atoms with E-state index in [1.54, 1.807) is 17.1 Å². The summed E-state index contributed by atoms with van der Waals surface area (Å²) in [4.78, 5) is 15.6. The molecule has 1 atom stereocenters. The molecule has 0 aliphatic heterocycles. The average Bonchev–Trinajstić information content (AvgIpc) is 2.70. The van der Waals surface area contributed by atoms with E-state index in [9.17, 15) is 4.79 Å². The summed E-state index contributed by atoms with van der Waals surface area (Å²) in [6.07, 6.45) is 4.95. The van der Waals surface area contributed by atoms with Crippen molar-refractivity contribution in [1.82, 2.24) is 14.9 Å². The molecular weight excluding hydrogens is 206 g/mol. The molecule has 5 heteroatoms. The van der Waals surface area contributed by atoms with Crippen LogP contribution < -0.4 is 5.32 Å². The zero-order chi connectivity index (χ0) is 12.0. The Hall–Kier alpha value is -1.36. The van der Waals surface area contributed by atoms with Crippen molar-refractivity contribution in [3.8, 4) is 0 Å². The van der Waals surface area contributed by atoms with E-state index in [0.717, 1.165) is 12.8 Å². The maximum Gasteiger partial charge on any atom is 0.271 e. The predicted molar refractivity (Wildman–Crippen MR) is 61.0 cm³/mol. The van der Waals surface area contributed by atoms with Crippen molar-refractivity contribution in [3.63, 3.8) is 0 Å². The third-order valence-electron chi connectivity index (χ3n) is 2.60. The highest BCUT2D eigenvalue weighted by molar-refractivity contribution is 5.91. The van der Waals surface area contributed by atoms with Crippen molar-refractivity contribution in [1.29, 1.82) is 0 Å². The van der Waals surface area contributed by atoms with Gasteiger partial charge in [0.25, 0.3) is 5.91 Å². The monoisotopic (exact) mass is 225 g/mol. The average molecular weight is 225 g/mol. The molecule has 0 bridgehead atoms. The lowest BCUT2D eigenvalue weighted by molar-refractivity contribution is 0.0939. The standard InChI is InChI=1S/C11H19N3O2/c1-3-9(4-5-15)6-12-11(16)10-7-14(2)8-13-10/h7-9,15H,3-6H2,1-2H3,(H,12,16). The number of amides is 1. The van der Waals surface area contributed by atoms with Gasteiger partial charge in [0.1, 0.15) is 5.69 Å². The van der Waals surface area contributed by atoms with Crippen LogP contribution in [-0.2, 0) is 7.05 Å².